The van der Waals surface area contributed by atoms with Gasteiger partial charge in [-0.2, -0.15) is 0 Å². The molecule has 1 aromatic carbocycles. The molecule has 0 spiro atoms. The van der Waals surface area contributed by atoms with Crippen molar-refractivity contribution in [3.8, 4) is 0 Å². The van der Waals surface area contributed by atoms with Crippen molar-refractivity contribution in [2.75, 3.05) is 11.9 Å². The molecule has 2 atom stereocenters. The van der Waals surface area contributed by atoms with Crippen molar-refractivity contribution in [3.63, 3.8) is 0 Å². The molecule has 2 heteroatoms. The third-order valence-corrected chi connectivity index (χ3v) is 2.78. The van der Waals surface area contributed by atoms with Crippen LogP contribution in [0.15, 0.2) is 24.3 Å². The summed E-state index contributed by atoms with van der Waals surface area (Å²) in [6.45, 7) is 5.11. The van der Waals surface area contributed by atoms with Crippen molar-refractivity contribution < 1.29 is 4.74 Å². The predicted molar refractivity (Wildman–Crippen MR) is 58.6 cm³/mol. The van der Waals surface area contributed by atoms with Crippen molar-refractivity contribution in [2.45, 2.75) is 32.4 Å². The van der Waals surface area contributed by atoms with E-state index in [9.17, 15) is 0 Å². The minimum atomic E-state index is 0.330. The van der Waals surface area contributed by atoms with Gasteiger partial charge in [0.25, 0.3) is 0 Å². The average Bonchev–Trinajstić information content (AvgIpc) is 2.56. The minimum Gasteiger partial charge on any atom is -0.380 e. The van der Waals surface area contributed by atoms with E-state index in [4.69, 9.17) is 4.74 Å². The Hall–Kier alpha value is -1.02. The van der Waals surface area contributed by atoms with Gasteiger partial charge in [0, 0.05) is 12.3 Å². The van der Waals surface area contributed by atoms with E-state index in [0.29, 0.717) is 12.1 Å². The van der Waals surface area contributed by atoms with Crippen LogP contribution in [0.5, 0.6) is 0 Å². The monoisotopic (exact) mass is 191 g/mol. The molecule has 1 aliphatic rings. The highest BCUT2D eigenvalue weighted by Gasteiger charge is 2.23. The van der Waals surface area contributed by atoms with Crippen LogP contribution in [0, 0.1) is 6.92 Å². The van der Waals surface area contributed by atoms with Gasteiger partial charge >= 0.3 is 0 Å². The summed E-state index contributed by atoms with van der Waals surface area (Å²) in [5.74, 6) is 0. The van der Waals surface area contributed by atoms with E-state index < -0.39 is 0 Å². The molecule has 0 aromatic heterocycles. The fourth-order valence-electron chi connectivity index (χ4n) is 1.79. The zero-order valence-electron chi connectivity index (χ0n) is 8.79. The molecule has 0 amide bonds. The molecule has 0 unspecified atom stereocenters. The van der Waals surface area contributed by atoms with Gasteiger partial charge in [0.05, 0.1) is 12.1 Å². The van der Waals surface area contributed by atoms with Crippen molar-refractivity contribution in [1.82, 2.24) is 0 Å². The topological polar surface area (TPSA) is 21.3 Å². The molecule has 1 fully saturated rings. The van der Waals surface area contributed by atoms with Gasteiger partial charge in [0.1, 0.15) is 0 Å². The van der Waals surface area contributed by atoms with Crippen LogP contribution >= 0.6 is 0 Å². The van der Waals surface area contributed by atoms with E-state index >= 15 is 0 Å². The Morgan fingerprint density at radius 3 is 2.57 bits per heavy atom. The number of rotatable bonds is 2. The maximum absolute atomic E-state index is 5.50. The van der Waals surface area contributed by atoms with Gasteiger partial charge in [-0.1, -0.05) is 17.7 Å². The number of ether oxygens (including phenoxy) is 1. The van der Waals surface area contributed by atoms with Gasteiger partial charge in [-0.25, -0.2) is 0 Å². The molecular weight excluding hydrogens is 174 g/mol. The Bertz CT molecular complexity index is 294. The molecule has 1 N–H and O–H groups in total. The van der Waals surface area contributed by atoms with Crippen molar-refractivity contribution in [2.24, 2.45) is 0 Å². The van der Waals surface area contributed by atoms with Crippen LogP contribution in [-0.2, 0) is 4.74 Å². The SMILES string of the molecule is Cc1ccc(N[C@@H]2CCO[C@@H]2C)cc1. The zero-order chi connectivity index (χ0) is 9.97. The summed E-state index contributed by atoms with van der Waals surface area (Å²) in [4.78, 5) is 0. The number of hydrogen-bond donors (Lipinski definition) is 1. The van der Waals surface area contributed by atoms with Crippen LogP contribution in [0.3, 0.4) is 0 Å². The second kappa shape index (κ2) is 4.01. The number of nitrogens with one attached hydrogen (secondary N) is 1. The van der Waals surface area contributed by atoms with Crippen LogP contribution < -0.4 is 5.32 Å². The summed E-state index contributed by atoms with van der Waals surface area (Å²) in [6, 6.07) is 8.98. The van der Waals surface area contributed by atoms with Crippen LogP contribution in [-0.4, -0.2) is 18.8 Å². The molecule has 0 aliphatic carbocycles. The molecule has 1 aliphatic heterocycles. The lowest BCUT2D eigenvalue weighted by Crippen LogP contribution is -2.26. The first-order valence-corrected chi connectivity index (χ1v) is 5.20. The summed E-state index contributed by atoms with van der Waals surface area (Å²) in [5, 5.41) is 3.49. The van der Waals surface area contributed by atoms with Crippen LogP contribution in [0.1, 0.15) is 18.9 Å². The third-order valence-electron chi connectivity index (χ3n) is 2.78. The van der Waals surface area contributed by atoms with E-state index in [2.05, 4.69) is 43.4 Å². The van der Waals surface area contributed by atoms with E-state index in [1.54, 1.807) is 0 Å². The molecule has 1 aromatic rings. The lowest BCUT2D eigenvalue weighted by atomic mass is 10.1. The molecule has 1 heterocycles. The van der Waals surface area contributed by atoms with Crippen LogP contribution in [0.25, 0.3) is 0 Å². The van der Waals surface area contributed by atoms with Crippen molar-refractivity contribution in [1.29, 1.82) is 0 Å². The number of hydrogen-bond acceptors (Lipinski definition) is 2. The normalized spacial score (nSPS) is 26.4. The highest BCUT2D eigenvalue weighted by atomic mass is 16.5. The molecule has 0 saturated carbocycles. The first-order valence-electron chi connectivity index (χ1n) is 5.20. The Morgan fingerprint density at radius 1 is 1.29 bits per heavy atom. The summed E-state index contributed by atoms with van der Waals surface area (Å²) in [7, 11) is 0. The molecular formula is C12H17NO. The van der Waals surface area contributed by atoms with E-state index in [1.165, 1.54) is 11.3 Å². The van der Waals surface area contributed by atoms with Crippen molar-refractivity contribution >= 4 is 5.69 Å². The zero-order valence-corrected chi connectivity index (χ0v) is 8.79. The standard InChI is InChI=1S/C12H17NO/c1-9-3-5-11(6-4-9)13-12-7-8-14-10(12)2/h3-6,10,12-13H,7-8H2,1-2H3/t10-,12-/m1/s1. The fraction of sp³-hybridized carbons (Fsp3) is 0.500. The van der Waals surface area contributed by atoms with Gasteiger partial charge in [0.2, 0.25) is 0 Å². The van der Waals surface area contributed by atoms with E-state index in [1.807, 2.05) is 0 Å². The minimum absolute atomic E-state index is 0.330. The molecule has 0 bridgehead atoms. The number of aryl methyl sites for hydroxylation is 1. The van der Waals surface area contributed by atoms with Crippen LogP contribution in [0.4, 0.5) is 5.69 Å². The summed E-state index contributed by atoms with van der Waals surface area (Å²) in [5.41, 5.74) is 2.49. The lowest BCUT2D eigenvalue weighted by Gasteiger charge is -2.17. The highest BCUT2D eigenvalue weighted by molar-refractivity contribution is 5.45. The molecule has 1 saturated heterocycles. The largest absolute Gasteiger partial charge is 0.380 e. The van der Waals surface area contributed by atoms with Gasteiger partial charge in [0.15, 0.2) is 0 Å². The molecule has 2 rings (SSSR count). The third kappa shape index (κ3) is 2.07. The van der Waals surface area contributed by atoms with E-state index in [-0.39, 0.29) is 0 Å². The highest BCUT2D eigenvalue weighted by Crippen LogP contribution is 2.18. The van der Waals surface area contributed by atoms with Crippen LogP contribution in [0.2, 0.25) is 0 Å². The second-order valence-corrected chi connectivity index (χ2v) is 3.98. The van der Waals surface area contributed by atoms with Crippen molar-refractivity contribution in [3.05, 3.63) is 29.8 Å². The molecule has 76 valence electrons. The number of benzene rings is 1. The average molecular weight is 191 g/mol. The Kier molecular flexibility index (Phi) is 2.73. The Balaban J connectivity index is 2.00. The van der Waals surface area contributed by atoms with E-state index in [0.717, 1.165) is 13.0 Å². The van der Waals surface area contributed by atoms with Gasteiger partial charge in [-0.15, -0.1) is 0 Å². The molecule has 2 nitrogen and oxygen atoms in total. The smallest absolute Gasteiger partial charge is 0.0748 e. The lowest BCUT2D eigenvalue weighted by molar-refractivity contribution is 0.121. The Labute approximate surface area is 85.3 Å². The maximum atomic E-state index is 5.50. The first-order chi connectivity index (χ1) is 6.75. The first kappa shape index (κ1) is 9.53. The second-order valence-electron chi connectivity index (χ2n) is 3.98. The fourth-order valence-corrected chi connectivity index (χ4v) is 1.79. The number of anilines is 1. The summed E-state index contributed by atoms with van der Waals surface area (Å²) >= 11 is 0. The summed E-state index contributed by atoms with van der Waals surface area (Å²) in [6.07, 6.45) is 1.44. The summed E-state index contributed by atoms with van der Waals surface area (Å²) < 4.78 is 5.50. The van der Waals surface area contributed by atoms with Gasteiger partial charge < -0.3 is 10.1 Å². The maximum Gasteiger partial charge on any atom is 0.0748 e. The molecule has 14 heavy (non-hydrogen) atoms. The molecule has 0 radical (unpaired) electrons. The van der Waals surface area contributed by atoms with Gasteiger partial charge in [-0.3, -0.25) is 0 Å². The predicted octanol–water partition coefficient (Wildman–Crippen LogP) is 2.58. The Morgan fingerprint density at radius 2 is 2.00 bits per heavy atom. The quantitative estimate of drug-likeness (QED) is 0.775. The van der Waals surface area contributed by atoms with Gasteiger partial charge in [-0.05, 0) is 32.4 Å².